The number of methoxy groups -OCH3 is 1. The first kappa shape index (κ1) is 13.2. The summed E-state index contributed by atoms with van der Waals surface area (Å²) in [7, 11) is 1.38. The molecule has 1 aromatic rings. The maximum Gasteiger partial charge on any atom is 0.312 e. The van der Waals surface area contributed by atoms with Gasteiger partial charge in [0.05, 0.1) is 18.4 Å². The predicted molar refractivity (Wildman–Crippen MR) is 71.5 cm³/mol. The Morgan fingerprint density at radius 2 is 1.95 bits per heavy atom. The van der Waals surface area contributed by atoms with Crippen molar-refractivity contribution in [1.82, 2.24) is 0 Å². The van der Waals surface area contributed by atoms with Crippen molar-refractivity contribution in [2.75, 3.05) is 7.11 Å². The van der Waals surface area contributed by atoms with Gasteiger partial charge in [-0.1, -0.05) is 30.3 Å². The standard InChI is InChI=1S/C16H18O4/c1-19-15(18)16-8-12(9-16)7-13(16)14(17)20-10-11-5-3-2-4-6-11/h2-6,12-13H,7-10H2,1H3. The lowest BCUT2D eigenvalue weighted by atomic mass is 9.66. The van der Waals surface area contributed by atoms with Crippen molar-refractivity contribution < 1.29 is 19.1 Å². The van der Waals surface area contributed by atoms with E-state index in [4.69, 9.17) is 9.47 Å². The molecule has 4 heteroatoms. The number of ether oxygens (including phenoxy) is 2. The molecule has 3 aliphatic carbocycles. The van der Waals surface area contributed by atoms with E-state index in [2.05, 4.69) is 0 Å². The van der Waals surface area contributed by atoms with Gasteiger partial charge < -0.3 is 9.47 Å². The molecular formula is C16H18O4. The van der Waals surface area contributed by atoms with Crippen LogP contribution in [0.4, 0.5) is 0 Å². The summed E-state index contributed by atoms with van der Waals surface area (Å²) < 4.78 is 10.3. The van der Waals surface area contributed by atoms with Crippen molar-refractivity contribution in [3.05, 3.63) is 35.9 Å². The van der Waals surface area contributed by atoms with E-state index in [9.17, 15) is 9.59 Å². The van der Waals surface area contributed by atoms with Crippen LogP contribution in [0.15, 0.2) is 30.3 Å². The molecule has 106 valence electrons. The summed E-state index contributed by atoms with van der Waals surface area (Å²) in [5, 5.41) is 0. The third-order valence-corrected chi connectivity index (χ3v) is 4.64. The van der Waals surface area contributed by atoms with Crippen molar-refractivity contribution in [3.63, 3.8) is 0 Å². The van der Waals surface area contributed by atoms with Crippen LogP contribution in [-0.4, -0.2) is 19.0 Å². The number of benzene rings is 1. The summed E-state index contributed by atoms with van der Waals surface area (Å²) in [6, 6.07) is 9.57. The fourth-order valence-corrected chi connectivity index (χ4v) is 3.64. The summed E-state index contributed by atoms with van der Waals surface area (Å²) in [6.07, 6.45) is 2.29. The van der Waals surface area contributed by atoms with Gasteiger partial charge >= 0.3 is 11.9 Å². The van der Waals surface area contributed by atoms with Crippen LogP contribution in [0.3, 0.4) is 0 Å². The Morgan fingerprint density at radius 3 is 2.60 bits per heavy atom. The number of hydrogen-bond donors (Lipinski definition) is 0. The lowest BCUT2D eigenvalue weighted by Gasteiger charge is -2.37. The summed E-state index contributed by atoms with van der Waals surface area (Å²) in [6.45, 7) is 0.262. The molecule has 3 aliphatic rings. The van der Waals surface area contributed by atoms with Crippen LogP contribution in [0, 0.1) is 17.3 Å². The third kappa shape index (κ3) is 1.99. The minimum absolute atomic E-state index is 0.257. The van der Waals surface area contributed by atoms with Crippen molar-refractivity contribution in [2.45, 2.75) is 25.9 Å². The fraction of sp³-hybridized carbons (Fsp3) is 0.500. The molecular weight excluding hydrogens is 256 g/mol. The molecule has 0 N–H and O–H groups in total. The van der Waals surface area contributed by atoms with Crippen LogP contribution in [0.5, 0.6) is 0 Å². The molecule has 1 unspecified atom stereocenters. The van der Waals surface area contributed by atoms with E-state index in [-0.39, 0.29) is 24.5 Å². The zero-order valence-corrected chi connectivity index (χ0v) is 11.5. The van der Waals surface area contributed by atoms with Gasteiger partial charge in [-0.05, 0) is 30.7 Å². The van der Waals surface area contributed by atoms with Gasteiger partial charge in [-0.2, -0.15) is 0 Å². The fourth-order valence-electron chi connectivity index (χ4n) is 3.64. The molecule has 4 nitrogen and oxygen atoms in total. The Morgan fingerprint density at radius 1 is 1.25 bits per heavy atom. The molecule has 0 radical (unpaired) electrons. The maximum absolute atomic E-state index is 12.3. The molecule has 0 aliphatic heterocycles. The Hall–Kier alpha value is -1.84. The van der Waals surface area contributed by atoms with Crippen LogP contribution in [-0.2, 0) is 25.7 Å². The third-order valence-electron chi connectivity index (χ3n) is 4.64. The highest BCUT2D eigenvalue weighted by Crippen LogP contribution is 2.63. The molecule has 1 atom stereocenters. The minimum Gasteiger partial charge on any atom is -0.469 e. The van der Waals surface area contributed by atoms with Crippen molar-refractivity contribution >= 4 is 11.9 Å². The van der Waals surface area contributed by atoms with Gasteiger partial charge in [0.25, 0.3) is 0 Å². The SMILES string of the molecule is COC(=O)C12CC(CC1C(=O)OCc1ccccc1)C2. The van der Waals surface area contributed by atoms with Crippen molar-refractivity contribution in [2.24, 2.45) is 17.3 Å². The van der Waals surface area contributed by atoms with Gasteiger partial charge in [-0.3, -0.25) is 9.59 Å². The quantitative estimate of drug-likeness (QED) is 0.791. The van der Waals surface area contributed by atoms with E-state index in [1.54, 1.807) is 0 Å². The number of carbonyl (C=O) groups excluding carboxylic acids is 2. The summed E-state index contributed by atoms with van der Waals surface area (Å²) in [5.41, 5.74) is 0.353. The molecule has 2 bridgehead atoms. The Bertz CT molecular complexity index is 517. The highest BCUT2D eigenvalue weighted by molar-refractivity contribution is 5.87. The largest absolute Gasteiger partial charge is 0.469 e. The lowest BCUT2D eigenvalue weighted by molar-refractivity contribution is -0.169. The van der Waals surface area contributed by atoms with E-state index in [1.165, 1.54) is 7.11 Å². The second-order valence-electron chi connectivity index (χ2n) is 5.80. The Balaban J connectivity index is 1.64. The molecule has 4 rings (SSSR count). The number of hydrogen-bond acceptors (Lipinski definition) is 4. The first-order valence-corrected chi connectivity index (χ1v) is 6.95. The molecule has 0 saturated heterocycles. The van der Waals surface area contributed by atoms with Gasteiger partial charge in [0, 0.05) is 0 Å². The Labute approximate surface area is 118 Å². The molecule has 0 heterocycles. The van der Waals surface area contributed by atoms with Gasteiger partial charge in [0.15, 0.2) is 0 Å². The smallest absolute Gasteiger partial charge is 0.312 e. The molecule has 1 aromatic carbocycles. The zero-order valence-electron chi connectivity index (χ0n) is 11.5. The molecule has 3 fully saturated rings. The highest BCUT2D eigenvalue weighted by atomic mass is 16.5. The average molecular weight is 274 g/mol. The highest BCUT2D eigenvalue weighted by Gasteiger charge is 2.65. The van der Waals surface area contributed by atoms with Crippen molar-refractivity contribution in [3.8, 4) is 0 Å². The second-order valence-corrected chi connectivity index (χ2v) is 5.80. The predicted octanol–water partition coefficient (Wildman–Crippen LogP) is 2.32. The normalized spacial score (nSPS) is 30.4. The Kier molecular flexibility index (Phi) is 3.24. The first-order chi connectivity index (χ1) is 9.65. The van der Waals surface area contributed by atoms with E-state index in [1.807, 2.05) is 30.3 Å². The minimum atomic E-state index is -0.604. The number of rotatable bonds is 4. The maximum atomic E-state index is 12.3. The van der Waals surface area contributed by atoms with Crippen LogP contribution in [0.1, 0.15) is 24.8 Å². The molecule has 3 saturated carbocycles. The van der Waals surface area contributed by atoms with Gasteiger partial charge in [-0.15, -0.1) is 0 Å². The molecule has 0 amide bonds. The number of carbonyl (C=O) groups is 2. The van der Waals surface area contributed by atoms with Gasteiger partial charge in [-0.25, -0.2) is 0 Å². The van der Waals surface area contributed by atoms with Crippen LogP contribution < -0.4 is 0 Å². The summed E-state index contributed by atoms with van der Waals surface area (Å²) >= 11 is 0. The van der Waals surface area contributed by atoms with Crippen molar-refractivity contribution in [1.29, 1.82) is 0 Å². The summed E-state index contributed by atoms with van der Waals surface area (Å²) in [5.74, 6) is -0.376. The van der Waals surface area contributed by atoms with E-state index in [0.717, 1.165) is 24.8 Å². The van der Waals surface area contributed by atoms with Crippen LogP contribution in [0.2, 0.25) is 0 Å². The van der Waals surface area contributed by atoms with Gasteiger partial charge in [0.1, 0.15) is 6.61 Å². The topological polar surface area (TPSA) is 52.6 Å². The number of fused-ring (bicyclic) bond motifs is 1. The molecule has 0 aromatic heterocycles. The van der Waals surface area contributed by atoms with Gasteiger partial charge in [0.2, 0.25) is 0 Å². The van der Waals surface area contributed by atoms with E-state index >= 15 is 0 Å². The van der Waals surface area contributed by atoms with E-state index in [0.29, 0.717) is 5.92 Å². The lowest BCUT2D eigenvalue weighted by Crippen LogP contribution is -2.43. The number of esters is 2. The molecule has 20 heavy (non-hydrogen) atoms. The monoisotopic (exact) mass is 274 g/mol. The zero-order chi connectivity index (χ0) is 14.2. The average Bonchev–Trinajstić information content (AvgIpc) is 3.01. The van der Waals surface area contributed by atoms with E-state index < -0.39 is 5.41 Å². The molecule has 0 spiro atoms. The first-order valence-electron chi connectivity index (χ1n) is 6.95. The second kappa shape index (κ2) is 4.93. The van der Waals surface area contributed by atoms with Crippen LogP contribution in [0.25, 0.3) is 0 Å². The van der Waals surface area contributed by atoms with Crippen LogP contribution >= 0.6 is 0 Å². The summed E-state index contributed by atoms with van der Waals surface area (Å²) in [4.78, 5) is 24.2.